The highest BCUT2D eigenvalue weighted by Crippen LogP contribution is 2.40. The molecule has 4 heteroatoms. The first kappa shape index (κ1) is 20.0. The maximum absolute atomic E-state index is 12.8. The van der Waals surface area contributed by atoms with Crippen LogP contribution in [0.15, 0.2) is 109 Å². The van der Waals surface area contributed by atoms with Crippen molar-refractivity contribution < 1.29 is 7.65 Å². The van der Waals surface area contributed by atoms with Crippen LogP contribution in [-0.4, -0.2) is 16.9 Å². The van der Waals surface area contributed by atoms with Crippen molar-refractivity contribution >= 4 is 17.2 Å². The van der Waals surface area contributed by atoms with Gasteiger partial charge in [-0.15, -0.1) is 0 Å². The average Bonchev–Trinajstić information content (AvgIpc) is 3.64. The molecule has 4 nitrogen and oxygen atoms in total. The number of nitrogens with one attached hydrogen (secondary N) is 2. The van der Waals surface area contributed by atoms with Crippen LogP contribution >= 0.6 is 0 Å². The summed E-state index contributed by atoms with van der Waals surface area (Å²) in [6.45, 7) is 0. The van der Waals surface area contributed by atoms with Gasteiger partial charge in [0.2, 0.25) is 0 Å². The van der Waals surface area contributed by atoms with E-state index in [0.29, 0.717) is 11.5 Å². The second-order valence-electron chi connectivity index (χ2n) is 8.20. The van der Waals surface area contributed by atoms with E-state index in [0.717, 1.165) is 29.8 Å². The van der Waals surface area contributed by atoms with Gasteiger partial charge in [0.15, 0.2) is 0 Å². The molecule has 1 saturated carbocycles. The van der Waals surface area contributed by atoms with Crippen molar-refractivity contribution in [2.24, 2.45) is 0 Å². The van der Waals surface area contributed by atoms with Gasteiger partial charge in [0, 0.05) is 44.2 Å². The fourth-order valence-corrected chi connectivity index (χ4v) is 4.06. The number of pyridine rings is 1. The van der Waals surface area contributed by atoms with Gasteiger partial charge >= 0.3 is 0 Å². The Hall–Kier alpha value is -3.92. The Balaban J connectivity index is 0.00000162. The third-order valence-corrected chi connectivity index (χ3v) is 5.88. The molecule has 5 rings (SSSR count). The molecule has 2 aliphatic rings. The monoisotopic (exact) mass is 423 g/mol. The normalized spacial score (nSPS) is 19.4. The summed E-state index contributed by atoms with van der Waals surface area (Å²) in [6, 6.07) is 22.3. The molecule has 0 aliphatic heterocycles. The standard InChI is InChI=1S/C28H25N3O.2H2/c32-28(31-27-18-26(27)21-7-2-1-3-8-21)22-10-5-13-25(17-22)30-24-12-4-9-20(14-15-24)23-11-6-16-29-19-23;;/h1-8,10-17,19,26-27,30H,9,18H2,(H,31,32);2*1H. The second-order valence-corrected chi connectivity index (χ2v) is 8.20. The molecule has 1 aromatic heterocycles. The summed E-state index contributed by atoms with van der Waals surface area (Å²) in [7, 11) is 0. The molecule has 1 fully saturated rings. The van der Waals surface area contributed by atoms with E-state index in [-0.39, 0.29) is 14.8 Å². The van der Waals surface area contributed by atoms with Gasteiger partial charge in [-0.05, 0) is 66.0 Å². The zero-order chi connectivity index (χ0) is 21.8. The number of rotatable bonds is 6. The lowest BCUT2D eigenvalue weighted by molar-refractivity contribution is 0.0950. The van der Waals surface area contributed by atoms with Crippen molar-refractivity contribution in [1.29, 1.82) is 0 Å². The minimum Gasteiger partial charge on any atom is -0.356 e. The van der Waals surface area contributed by atoms with Crippen LogP contribution in [-0.2, 0) is 0 Å². The first-order valence-corrected chi connectivity index (χ1v) is 11.0. The number of anilines is 1. The van der Waals surface area contributed by atoms with E-state index < -0.39 is 0 Å². The Kier molecular flexibility index (Phi) is 5.67. The summed E-state index contributed by atoms with van der Waals surface area (Å²) in [5, 5.41) is 6.60. The number of hydrogen-bond donors (Lipinski definition) is 2. The predicted octanol–water partition coefficient (Wildman–Crippen LogP) is 6.20. The van der Waals surface area contributed by atoms with Crippen LogP contribution in [0.1, 0.15) is 43.1 Å². The van der Waals surface area contributed by atoms with E-state index in [9.17, 15) is 4.79 Å². The Morgan fingerprint density at radius 2 is 1.91 bits per heavy atom. The lowest BCUT2D eigenvalue weighted by atomic mass is 10.1. The van der Waals surface area contributed by atoms with Gasteiger partial charge in [0.1, 0.15) is 0 Å². The third kappa shape index (κ3) is 4.70. The van der Waals surface area contributed by atoms with Crippen LogP contribution in [0.3, 0.4) is 0 Å². The van der Waals surface area contributed by atoms with E-state index in [2.05, 4.69) is 58.1 Å². The maximum atomic E-state index is 12.8. The largest absolute Gasteiger partial charge is 0.356 e. The van der Waals surface area contributed by atoms with Gasteiger partial charge in [-0.3, -0.25) is 9.78 Å². The Morgan fingerprint density at radius 3 is 2.75 bits per heavy atom. The number of allylic oxidation sites excluding steroid dienone is 5. The topological polar surface area (TPSA) is 54.0 Å². The molecule has 0 bridgehead atoms. The van der Waals surface area contributed by atoms with Crippen molar-refractivity contribution in [3.8, 4) is 0 Å². The third-order valence-electron chi connectivity index (χ3n) is 5.88. The van der Waals surface area contributed by atoms with Gasteiger partial charge in [-0.2, -0.15) is 0 Å². The maximum Gasteiger partial charge on any atom is 0.251 e. The van der Waals surface area contributed by atoms with Crippen molar-refractivity contribution in [3.63, 3.8) is 0 Å². The molecule has 0 spiro atoms. The van der Waals surface area contributed by atoms with E-state index in [1.165, 1.54) is 11.1 Å². The predicted molar refractivity (Wildman–Crippen MR) is 133 cm³/mol. The van der Waals surface area contributed by atoms with Crippen LogP contribution in [0.5, 0.6) is 0 Å². The van der Waals surface area contributed by atoms with Gasteiger partial charge in [-0.25, -0.2) is 0 Å². The Morgan fingerprint density at radius 1 is 1.00 bits per heavy atom. The van der Waals surface area contributed by atoms with Crippen molar-refractivity contribution in [1.82, 2.24) is 10.3 Å². The number of carbonyl (C=O) groups excluding carboxylic acids is 1. The molecule has 2 atom stereocenters. The summed E-state index contributed by atoms with van der Waals surface area (Å²) >= 11 is 0. The number of aromatic nitrogens is 1. The molecule has 2 N–H and O–H groups in total. The van der Waals surface area contributed by atoms with E-state index in [1.807, 2.05) is 54.7 Å². The summed E-state index contributed by atoms with van der Waals surface area (Å²) in [4.78, 5) is 17.0. The first-order valence-electron chi connectivity index (χ1n) is 11.0. The molecule has 1 heterocycles. The average molecular weight is 424 g/mol. The number of carbonyl (C=O) groups is 1. The number of hydrogen-bond acceptors (Lipinski definition) is 3. The minimum atomic E-state index is -0.0266. The smallest absolute Gasteiger partial charge is 0.251 e. The summed E-state index contributed by atoms with van der Waals surface area (Å²) in [5.41, 5.74) is 6.17. The molecular weight excluding hydrogens is 394 g/mol. The molecule has 2 unspecified atom stereocenters. The molecule has 162 valence electrons. The molecule has 2 aliphatic carbocycles. The summed E-state index contributed by atoms with van der Waals surface area (Å²) in [6.07, 6.45) is 13.9. The molecule has 0 saturated heterocycles. The van der Waals surface area contributed by atoms with Crippen molar-refractivity contribution in [2.75, 3.05) is 5.32 Å². The number of amides is 1. The molecule has 32 heavy (non-hydrogen) atoms. The van der Waals surface area contributed by atoms with Crippen LogP contribution in [0.4, 0.5) is 5.69 Å². The van der Waals surface area contributed by atoms with Crippen LogP contribution in [0.25, 0.3) is 5.57 Å². The molecule has 0 radical (unpaired) electrons. The second kappa shape index (κ2) is 9.06. The van der Waals surface area contributed by atoms with Gasteiger partial charge < -0.3 is 10.6 Å². The fraction of sp³-hybridized carbons (Fsp3) is 0.143. The Labute approximate surface area is 191 Å². The quantitative estimate of drug-likeness (QED) is 0.496. The lowest BCUT2D eigenvalue weighted by Gasteiger charge is -2.10. The van der Waals surface area contributed by atoms with Gasteiger partial charge in [0.25, 0.3) is 5.91 Å². The highest BCUT2D eigenvalue weighted by Gasteiger charge is 2.39. The lowest BCUT2D eigenvalue weighted by Crippen LogP contribution is -2.26. The van der Waals surface area contributed by atoms with E-state index in [4.69, 9.17) is 0 Å². The highest BCUT2D eigenvalue weighted by molar-refractivity contribution is 5.95. The Bertz CT molecular complexity index is 1210. The molecule has 2 aromatic carbocycles. The molecule has 1 amide bonds. The number of benzene rings is 2. The van der Waals surface area contributed by atoms with Gasteiger partial charge in [0.05, 0.1) is 0 Å². The van der Waals surface area contributed by atoms with Gasteiger partial charge in [-0.1, -0.05) is 54.6 Å². The fourth-order valence-electron chi connectivity index (χ4n) is 4.06. The highest BCUT2D eigenvalue weighted by atomic mass is 16.1. The molecule has 3 aromatic rings. The van der Waals surface area contributed by atoms with E-state index in [1.54, 1.807) is 6.20 Å². The van der Waals surface area contributed by atoms with Crippen LogP contribution in [0, 0.1) is 0 Å². The van der Waals surface area contributed by atoms with Crippen molar-refractivity contribution in [2.45, 2.75) is 24.8 Å². The van der Waals surface area contributed by atoms with Crippen molar-refractivity contribution in [3.05, 3.63) is 126 Å². The SMILES string of the molecule is O=C(NC1CC1c1ccccc1)c1cccc(NC2=CC=C(c3cccnc3)CC=C2)c1.[HH].[HH]. The molecular formula is C28H29N3O. The summed E-state index contributed by atoms with van der Waals surface area (Å²) in [5.74, 6) is 0.393. The van der Waals surface area contributed by atoms with Crippen LogP contribution in [0.2, 0.25) is 0 Å². The van der Waals surface area contributed by atoms with Crippen LogP contribution < -0.4 is 10.6 Å². The summed E-state index contributed by atoms with van der Waals surface area (Å²) < 4.78 is 0. The minimum absolute atomic E-state index is 0. The van der Waals surface area contributed by atoms with E-state index >= 15 is 0 Å². The first-order chi connectivity index (χ1) is 15.8. The zero-order valence-electron chi connectivity index (χ0n) is 17.7. The zero-order valence-corrected chi connectivity index (χ0v) is 17.7. The number of nitrogens with zero attached hydrogens (tertiary/aromatic N) is 1.